The molecule has 120 valence electrons. The number of rotatable bonds is 4. The van der Waals surface area contributed by atoms with Gasteiger partial charge >= 0.3 is 0 Å². The van der Waals surface area contributed by atoms with Crippen LogP contribution in [0.4, 0.5) is 17.3 Å². The van der Waals surface area contributed by atoms with Crippen LogP contribution >= 0.6 is 11.6 Å². The normalized spacial score (nSPS) is 10.2. The van der Waals surface area contributed by atoms with Crippen molar-refractivity contribution in [3.63, 3.8) is 0 Å². The van der Waals surface area contributed by atoms with Crippen molar-refractivity contribution in [3.8, 4) is 0 Å². The van der Waals surface area contributed by atoms with Crippen molar-refractivity contribution in [3.05, 3.63) is 77.3 Å². The maximum atomic E-state index is 12.2. The lowest BCUT2D eigenvalue weighted by Crippen LogP contribution is -2.15. The quantitative estimate of drug-likeness (QED) is 0.776. The first-order valence-electron chi connectivity index (χ1n) is 7.33. The Morgan fingerprint density at radius 2 is 1.79 bits per heavy atom. The van der Waals surface area contributed by atoms with Crippen LogP contribution in [0.15, 0.2) is 66.7 Å². The SMILES string of the molecule is CN(c1ccccc1)c1ccc(NC(=O)c2cccc(Cl)c2)nn1. The van der Waals surface area contributed by atoms with Crippen molar-refractivity contribution in [2.75, 3.05) is 17.3 Å². The number of hydrogen-bond donors (Lipinski definition) is 1. The maximum absolute atomic E-state index is 12.2. The first-order chi connectivity index (χ1) is 11.6. The smallest absolute Gasteiger partial charge is 0.256 e. The van der Waals surface area contributed by atoms with Gasteiger partial charge in [-0.25, -0.2) is 0 Å². The fraction of sp³-hybridized carbons (Fsp3) is 0.0556. The Kier molecular flexibility index (Phi) is 4.72. The average molecular weight is 339 g/mol. The molecule has 1 aromatic heterocycles. The minimum Gasteiger partial charge on any atom is -0.328 e. The van der Waals surface area contributed by atoms with Crippen LogP contribution in [0.25, 0.3) is 0 Å². The molecule has 3 aromatic rings. The van der Waals surface area contributed by atoms with Gasteiger partial charge in [0, 0.05) is 23.3 Å². The Balaban J connectivity index is 1.72. The van der Waals surface area contributed by atoms with Crippen molar-refractivity contribution >= 4 is 34.8 Å². The molecule has 1 heterocycles. The molecule has 1 N–H and O–H groups in total. The maximum Gasteiger partial charge on any atom is 0.256 e. The Labute approximate surface area is 144 Å². The molecule has 0 saturated carbocycles. The van der Waals surface area contributed by atoms with Gasteiger partial charge in [-0.15, -0.1) is 10.2 Å². The Morgan fingerprint density at radius 1 is 1.00 bits per heavy atom. The number of aromatic nitrogens is 2. The summed E-state index contributed by atoms with van der Waals surface area (Å²) >= 11 is 5.89. The third kappa shape index (κ3) is 3.70. The zero-order valence-corrected chi connectivity index (χ0v) is 13.7. The van der Waals surface area contributed by atoms with E-state index in [-0.39, 0.29) is 5.91 Å². The van der Waals surface area contributed by atoms with Gasteiger partial charge in [-0.05, 0) is 42.5 Å². The standard InChI is InChI=1S/C18H15ClN4O/c1-23(15-8-3-2-4-9-15)17-11-10-16(21-22-17)20-18(24)13-6-5-7-14(19)12-13/h2-12H,1H3,(H,20,21,24). The molecule has 0 atom stereocenters. The van der Waals surface area contributed by atoms with Gasteiger partial charge in [-0.2, -0.15) is 0 Å². The highest BCUT2D eigenvalue weighted by Crippen LogP contribution is 2.21. The van der Waals surface area contributed by atoms with Crippen LogP contribution < -0.4 is 10.2 Å². The number of anilines is 3. The van der Waals surface area contributed by atoms with Gasteiger partial charge < -0.3 is 10.2 Å². The zero-order valence-electron chi connectivity index (χ0n) is 13.0. The number of amides is 1. The summed E-state index contributed by atoms with van der Waals surface area (Å²) in [5, 5.41) is 11.4. The molecule has 0 aliphatic carbocycles. The number of nitrogens with one attached hydrogen (secondary N) is 1. The van der Waals surface area contributed by atoms with Gasteiger partial charge in [-0.1, -0.05) is 35.9 Å². The molecular formula is C18H15ClN4O. The largest absolute Gasteiger partial charge is 0.328 e. The van der Waals surface area contributed by atoms with Gasteiger partial charge in [0.15, 0.2) is 11.6 Å². The third-order valence-electron chi connectivity index (χ3n) is 3.47. The number of carbonyl (C=O) groups is 1. The summed E-state index contributed by atoms with van der Waals surface area (Å²) in [6, 6.07) is 20.1. The number of hydrogen-bond acceptors (Lipinski definition) is 4. The van der Waals surface area contributed by atoms with Gasteiger partial charge in [-0.3, -0.25) is 4.79 Å². The lowest BCUT2D eigenvalue weighted by atomic mass is 10.2. The molecule has 2 aromatic carbocycles. The van der Waals surface area contributed by atoms with E-state index >= 15 is 0 Å². The van der Waals surface area contributed by atoms with E-state index in [0.717, 1.165) is 5.69 Å². The summed E-state index contributed by atoms with van der Waals surface area (Å²) in [6.07, 6.45) is 0. The van der Waals surface area contributed by atoms with Crippen molar-refractivity contribution in [1.29, 1.82) is 0 Å². The average Bonchev–Trinajstić information content (AvgIpc) is 2.62. The zero-order chi connectivity index (χ0) is 16.9. The van der Waals surface area contributed by atoms with Crippen LogP contribution in [0, 0.1) is 0 Å². The molecule has 0 radical (unpaired) electrons. The molecule has 24 heavy (non-hydrogen) atoms. The number of nitrogens with zero attached hydrogens (tertiary/aromatic N) is 3. The van der Waals surface area contributed by atoms with E-state index in [1.807, 2.05) is 42.3 Å². The van der Waals surface area contributed by atoms with Crippen LogP contribution in [0.3, 0.4) is 0 Å². The van der Waals surface area contributed by atoms with Crippen LogP contribution in [-0.4, -0.2) is 23.2 Å². The van der Waals surface area contributed by atoms with Gasteiger partial charge in [0.2, 0.25) is 0 Å². The van der Waals surface area contributed by atoms with E-state index in [0.29, 0.717) is 22.2 Å². The second kappa shape index (κ2) is 7.10. The highest BCUT2D eigenvalue weighted by Gasteiger charge is 2.09. The first-order valence-corrected chi connectivity index (χ1v) is 7.71. The van der Waals surface area contributed by atoms with Crippen molar-refractivity contribution in [2.45, 2.75) is 0 Å². The van der Waals surface area contributed by atoms with Crippen LogP contribution in [0.5, 0.6) is 0 Å². The van der Waals surface area contributed by atoms with E-state index in [2.05, 4.69) is 15.5 Å². The topological polar surface area (TPSA) is 58.1 Å². The van der Waals surface area contributed by atoms with Gasteiger partial charge in [0.25, 0.3) is 5.91 Å². The Morgan fingerprint density at radius 3 is 2.46 bits per heavy atom. The minimum atomic E-state index is -0.282. The third-order valence-corrected chi connectivity index (χ3v) is 3.70. The van der Waals surface area contributed by atoms with Crippen molar-refractivity contribution < 1.29 is 4.79 Å². The lowest BCUT2D eigenvalue weighted by Gasteiger charge is -2.17. The highest BCUT2D eigenvalue weighted by atomic mass is 35.5. The van der Waals surface area contributed by atoms with E-state index < -0.39 is 0 Å². The molecule has 0 fully saturated rings. The van der Waals surface area contributed by atoms with E-state index in [4.69, 9.17) is 11.6 Å². The van der Waals surface area contributed by atoms with Crippen molar-refractivity contribution in [2.24, 2.45) is 0 Å². The predicted molar refractivity (Wildman–Crippen MR) is 95.9 cm³/mol. The molecule has 0 unspecified atom stereocenters. The number of halogens is 1. The highest BCUT2D eigenvalue weighted by molar-refractivity contribution is 6.31. The van der Waals surface area contributed by atoms with E-state index in [9.17, 15) is 4.79 Å². The van der Waals surface area contributed by atoms with Crippen molar-refractivity contribution in [1.82, 2.24) is 10.2 Å². The summed E-state index contributed by atoms with van der Waals surface area (Å²) in [4.78, 5) is 14.1. The molecule has 0 aliphatic rings. The summed E-state index contributed by atoms with van der Waals surface area (Å²) in [5.41, 5.74) is 1.47. The Hall–Kier alpha value is -2.92. The molecular weight excluding hydrogens is 324 g/mol. The molecule has 0 aliphatic heterocycles. The fourth-order valence-corrected chi connectivity index (χ4v) is 2.36. The molecule has 1 amide bonds. The summed E-state index contributed by atoms with van der Waals surface area (Å²) < 4.78 is 0. The van der Waals surface area contributed by atoms with E-state index in [1.54, 1.807) is 36.4 Å². The molecule has 3 rings (SSSR count). The lowest BCUT2D eigenvalue weighted by molar-refractivity contribution is 0.102. The first kappa shape index (κ1) is 16.0. The number of para-hydroxylation sites is 1. The fourth-order valence-electron chi connectivity index (χ4n) is 2.17. The van der Waals surface area contributed by atoms with Gasteiger partial charge in [0.1, 0.15) is 0 Å². The minimum absolute atomic E-state index is 0.282. The molecule has 0 saturated heterocycles. The van der Waals surface area contributed by atoms with E-state index in [1.165, 1.54) is 0 Å². The summed E-state index contributed by atoms with van der Waals surface area (Å²) in [5.74, 6) is 0.781. The monoisotopic (exact) mass is 338 g/mol. The number of carbonyl (C=O) groups excluding carboxylic acids is 1. The Bertz CT molecular complexity index is 837. The summed E-state index contributed by atoms with van der Waals surface area (Å²) in [6.45, 7) is 0. The second-order valence-corrected chi connectivity index (χ2v) is 5.57. The van der Waals surface area contributed by atoms with Crippen LogP contribution in [-0.2, 0) is 0 Å². The molecule has 6 heteroatoms. The van der Waals surface area contributed by atoms with Crippen LogP contribution in [0.1, 0.15) is 10.4 Å². The van der Waals surface area contributed by atoms with Crippen LogP contribution in [0.2, 0.25) is 5.02 Å². The van der Waals surface area contributed by atoms with Gasteiger partial charge in [0.05, 0.1) is 0 Å². The molecule has 5 nitrogen and oxygen atoms in total. The second-order valence-electron chi connectivity index (χ2n) is 5.14. The predicted octanol–water partition coefficient (Wildman–Crippen LogP) is 4.15. The number of benzene rings is 2. The summed E-state index contributed by atoms with van der Waals surface area (Å²) in [7, 11) is 1.91. The molecule has 0 bridgehead atoms. The molecule has 0 spiro atoms.